The lowest BCUT2D eigenvalue weighted by atomic mass is 10.2. The van der Waals surface area contributed by atoms with Crippen molar-refractivity contribution in [3.8, 4) is 0 Å². The van der Waals surface area contributed by atoms with E-state index in [1.54, 1.807) is 6.92 Å². The molecule has 0 saturated heterocycles. The molecule has 17 heavy (non-hydrogen) atoms. The van der Waals surface area contributed by atoms with Gasteiger partial charge in [-0.15, -0.1) is 0 Å². The fraction of sp³-hybridized carbons (Fsp3) is 0.385. The van der Waals surface area contributed by atoms with Crippen LogP contribution in [0.2, 0.25) is 0 Å². The van der Waals surface area contributed by atoms with Gasteiger partial charge in [0.1, 0.15) is 11.2 Å². The second-order valence-electron chi connectivity index (χ2n) is 3.91. The van der Waals surface area contributed by atoms with Crippen molar-refractivity contribution in [2.45, 2.75) is 20.8 Å². The molecule has 0 radical (unpaired) electrons. The first-order valence-electron chi connectivity index (χ1n) is 5.82. The van der Waals surface area contributed by atoms with Crippen molar-refractivity contribution in [1.82, 2.24) is 4.98 Å². The average molecular weight is 232 g/mol. The maximum absolute atomic E-state index is 11.4. The molecular weight excluding hydrogens is 216 g/mol. The summed E-state index contributed by atoms with van der Waals surface area (Å²) in [6.45, 7) is 7.69. The summed E-state index contributed by atoms with van der Waals surface area (Å²) in [7, 11) is 0. The van der Waals surface area contributed by atoms with Crippen molar-refractivity contribution >= 4 is 16.8 Å². The highest BCUT2D eigenvalue weighted by Gasteiger charge is 2.07. The third-order valence-electron chi connectivity index (χ3n) is 2.86. The average Bonchev–Trinajstić information content (AvgIpc) is 2.32. The summed E-state index contributed by atoms with van der Waals surface area (Å²) in [6.07, 6.45) is 0. The molecule has 0 unspecified atom stereocenters. The van der Waals surface area contributed by atoms with Crippen molar-refractivity contribution in [3.05, 3.63) is 34.3 Å². The largest absolute Gasteiger partial charge is 0.420 e. The van der Waals surface area contributed by atoms with E-state index in [2.05, 4.69) is 23.7 Å². The highest BCUT2D eigenvalue weighted by atomic mass is 16.4. The zero-order valence-corrected chi connectivity index (χ0v) is 10.4. The fourth-order valence-corrected chi connectivity index (χ4v) is 1.86. The maximum Gasteiger partial charge on any atom is 0.357 e. The van der Waals surface area contributed by atoms with Gasteiger partial charge in [0, 0.05) is 24.8 Å². The van der Waals surface area contributed by atoms with E-state index >= 15 is 0 Å². The molecule has 0 fully saturated rings. The highest BCUT2D eigenvalue weighted by molar-refractivity contribution is 5.76. The number of fused-ring (bicyclic) bond motifs is 1. The molecule has 1 heterocycles. The van der Waals surface area contributed by atoms with E-state index in [0.717, 1.165) is 24.3 Å². The van der Waals surface area contributed by atoms with Crippen molar-refractivity contribution in [3.63, 3.8) is 0 Å². The standard InChI is InChI=1S/C13H16N2O2/c1-4-15(5-2)10-6-7-11-12(8-10)17-13(16)9(3)14-11/h6-8H,4-5H2,1-3H3. The van der Waals surface area contributed by atoms with Gasteiger partial charge in [-0.25, -0.2) is 9.78 Å². The molecule has 0 bridgehead atoms. The molecule has 4 nitrogen and oxygen atoms in total. The molecule has 2 rings (SSSR count). The molecule has 0 N–H and O–H groups in total. The zero-order valence-electron chi connectivity index (χ0n) is 10.4. The second kappa shape index (κ2) is 4.57. The van der Waals surface area contributed by atoms with Crippen LogP contribution in [-0.4, -0.2) is 18.1 Å². The Labute approximate surface area is 99.9 Å². The summed E-state index contributed by atoms with van der Waals surface area (Å²) in [4.78, 5) is 17.8. The fourth-order valence-electron chi connectivity index (χ4n) is 1.86. The Kier molecular flexibility index (Phi) is 3.13. The molecule has 90 valence electrons. The maximum atomic E-state index is 11.4. The number of rotatable bonds is 3. The Bertz CT molecular complexity index is 585. The van der Waals surface area contributed by atoms with Crippen molar-refractivity contribution in [1.29, 1.82) is 0 Å². The Morgan fingerprint density at radius 2 is 2.00 bits per heavy atom. The Morgan fingerprint density at radius 3 is 2.65 bits per heavy atom. The molecule has 0 atom stereocenters. The van der Waals surface area contributed by atoms with Crippen LogP contribution in [0.15, 0.2) is 27.4 Å². The minimum atomic E-state index is -0.366. The predicted molar refractivity (Wildman–Crippen MR) is 68.6 cm³/mol. The van der Waals surface area contributed by atoms with E-state index in [1.807, 2.05) is 18.2 Å². The van der Waals surface area contributed by atoms with Crippen LogP contribution in [0.1, 0.15) is 19.5 Å². The van der Waals surface area contributed by atoms with Gasteiger partial charge in [-0.2, -0.15) is 0 Å². The summed E-state index contributed by atoms with van der Waals surface area (Å²) in [5.41, 5.74) is 2.35. The van der Waals surface area contributed by atoms with E-state index in [-0.39, 0.29) is 5.63 Å². The van der Waals surface area contributed by atoms with E-state index in [4.69, 9.17) is 4.42 Å². The lowest BCUT2D eigenvalue weighted by molar-refractivity contribution is 0.547. The highest BCUT2D eigenvalue weighted by Crippen LogP contribution is 2.20. The van der Waals surface area contributed by atoms with Crippen LogP contribution in [0.3, 0.4) is 0 Å². The summed E-state index contributed by atoms with van der Waals surface area (Å²) >= 11 is 0. The van der Waals surface area contributed by atoms with E-state index < -0.39 is 0 Å². The molecule has 4 heteroatoms. The van der Waals surface area contributed by atoms with Gasteiger partial charge in [0.15, 0.2) is 5.58 Å². The van der Waals surface area contributed by atoms with Gasteiger partial charge in [-0.1, -0.05) is 0 Å². The van der Waals surface area contributed by atoms with Crippen molar-refractivity contribution in [2.24, 2.45) is 0 Å². The molecule has 0 aliphatic carbocycles. The SMILES string of the molecule is CCN(CC)c1ccc2nc(C)c(=O)oc2c1. The molecule has 0 aliphatic rings. The number of aryl methyl sites for hydroxylation is 1. The van der Waals surface area contributed by atoms with Crippen LogP contribution < -0.4 is 10.5 Å². The third-order valence-corrected chi connectivity index (χ3v) is 2.86. The van der Waals surface area contributed by atoms with Gasteiger partial charge in [0.2, 0.25) is 0 Å². The molecule has 1 aromatic carbocycles. The molecule has 0 amide bonds. The van der Waals surface area contributed by atoms with Gasteiger partial charge in [-0.3, -0.25) is 0 Å². The lowest BCUT2D eigenvalue weighted by Gasteiger charge is -2.20. The Hall–Kier alpha value is -1.84. The lowest BCUT2D eigenvalue weighted by Crippen LogP contribution is -2.21. The van der Waals surface area contributed by atoms with Crippen molar-refractivity contribution < 1.29 is 4.42 Å². The number of benzene rings is 1. The Morgan fingerprint density at radius 1 is 1.29 bits per heavy atom. The normalized spacial score (nSPS) is 10.8. The zero-order chi connectivity index (χ0) is 12.4. The Balaban J connectivity index is 2.57. The number of nitrogens with zero attached hydrogens (tertiary/aromatic N) is 2. The first kappa shape index (κ1) is 11.6. The van der Waals surface area contributed by atoms with E-state index in [1.165, 1.54) is 0 Å². The van der Waals surface area contributed by atoms with E-state index in [0.29, 0.717) is 11.3 Å². The first-order valence-corrected chi connectivity index (χ1v) is 5.82. The smallest absolute Gasteiger partial charge is 0.357 e. The van der Waals surface area contributed by atoms with Crippen LogP contribution in [0, 0.1) is 6.92 Å². The first-order chi connectivity index (χ1) is 8.15. The van der Waals surface area contributed by atoms with Crippen LogP contribution >= 0.6 is 0 Å². The van der Waals surface area contributed by atoms with Gasteiger partial charge in [0.25, 0.3) is 0 Å². The number of hydrogen-bond acceptors (Lipinski definition) is 4. The summed E-state index contributed by atoms with van der Waals surface area (Å²) in [5.74, 6) is 0. The van der Waals surface area contributed by atoms with Gasteiger partial charge >= 0.3 is 5.63 Å². The molecule has 0 spiro atoms. The van der Waals surface area contributed by atoms with Crippen molar-refractivity contribution in [2.75, 3.05) is 18.0 Å². The van der Waals surface area contributed by atoms with Gasteiger partial charge in [0.05, 0.1) is 0 Å². The number of aromatic nitrogens is 1. The minimum absolute atomic E-state index is 0.366. The van der Waals surface area contributed by atoms with Gasteiger partial charge in [-0.05, 0) is 32.9 Å². The van der Waals surface area contributed by atoms with Gasteiger partial charge < -0.3 is 9.32 Å². The molecule has 0 aliphatic heterocycles. The van der Waals surface area contributed by atoms with Crippen LogP contribution in [0.25, 0.3) is 11.1 Å². The summed E-state index contributed by atoms with van der Waals surface area (Å²) in [6, 6.07) is 5.76. The molecule has 0 saturated carbocycles. The molecular formula is C13H16N2O2. The summed E-state index contributed by atoms with van der Waals surface area (Å²) < 4.78 is 5.23. The van der Waals surface area contributed by atoms with Crippen LogP contribution in [0.4, 0.5) is 5.69 Å². The minimum Gasteiger partial charge on any atom is -0.420 e. The summed E-state index contributed by atoms with van der Waals surface area (Å²) in [5, 5.41) is 0. The molecule has 2 aromatic rings. The van der Waals surface area contributed by atoms with E-state index in [9.17, 15) is 4.79 Å². The topological polar surface area (TPSA) is 46.3 Å². The predicted octanol–water partition coefficient (Wildman–Crippen LogP) is 2.34. The van der Waals surface area contributed by atoms with Crippen LogP contribution in [0.5, 0.6) is 0 Å². The third kappa shape index (κ3) is 2.16. The second-order valence-corrected chi connectivity index (χ2v) is 3.91. The number of hydrogen-bond donors (Lipinski definition) is 0. The van der Waals surface area contributed by atoms with Crippen LogP contribution in [-0.2, 0) is 0 Å². The monoisotopic (exact) mass is 232 g/mol. The molecule has 1 aromatic heterocycles. The number of anilines is 1. The quantitative estimate of drug-likeness (QED) is 0.815.